The number of alkyl carbamates (subject to hydrolysis) is 1. The lowest BCUT2D eigenvalue weighted by molar-refractivity contribution is -0.146. The standard InChI is InChI=1S/C31H45N3O6/c1-20(2)13-14-22(4)34(29(38)25(19-35)33-30(39)40-31(5,6)7)27(24-15-16-26(36)21(3)17-24)28(37)32-18-23-11-9-8-10-12-23/h8-12,15-17,20,22,25,27,35-36H,13-14,18-19H2,1-7H3,(H,32,37)(H,33,39). The van der Waals surface area contributed by atoms with E-state index in [0.717, 1.165) is 12.0 Å². The van der Waals surface area contributed by atoms with Crippen LogP contribution in [0.4, 0.5) is 4.79 Å². The smallest absolute Gasteiger partial charge is 0.408 e. The number of nitrogens with zero attached hydrogens (tertiary/aromatic N) is 1. The van der Waals surface area contributed by atoms with Crippen molar-refractivity contribution >= 4 is 17.9 Å². The minimum absolute atomic E-state index is 0.0674. The molecule has 4 N–H and O–H groups in total. The van der Waals surface area contributed by atoms with Gasteiger partial charge in [-0.15, -0.1) is 0 Å². The average molecular weight is 556 g/mol. The Hall–Kier alpha value is -3.59. The van der Waals surface area contributed by atoms with Crippen LogP contribution in [-0.4, -0.2) is 57.3 Å². The molecular weight excluding hydrogens is 510 g/mol. The van der Waals surface area contributed by atoms with Gasteiger partial charge in [0.05, 0.1) is 6.61 Å². The van der Waals surface area contributed by atoms with Gasteiger partial charge >= 0.3 is 6.09 Å². The normalized spacial score (nSPS) is 13.7. The Kier molecular flexibility index (Phi) is 12.0. The van der Waals surface area contributed by atoms with Crippen molar-refractivity contribution in [3.05, 3.63) is 65.2 Å². The van der Waals surface area contributed by atoms with Crippen molar-refractivity contribution in [2.24, 2.45) is 5.92 Å². The molecule has 2 aromatic rings. The Morgan fingerprint density at radius 2 is 1.65 bits per heavy atom. The summed E-state index contributed by atoms with van der Waals surface area (Å²) in [5.41, 5.74) is 1.13. The fourth-order valence-corrected chi connectivity index (χ4v) is 4.30. The molecule has 3 amide bonds. The molecule has 0 aromatic heterocycles. The molecule has 9 nitrogen and oxygen atoms in total. The highest BCUT2D eigenvalue weighted by Gasteiger charge is 2.39. The van der Waals surface area contributed by atoms with Gasteiger partial charge in [-0.2, -0.15) is 0 Å². The van der Waals surface area contributed by atoms with Crippen LogP contribution in [0.15, 0.2) is 48.5 Å². The second kappa shape index (κ2) is 14.7. The summed E-state index contributed by atoms with van der Waals surface area (Å²) >= 11 is 0. The highest BCUT2D eigenvalue weighted by atomic mass is 16.6. The SMILES string of the molecule is Cc1cc(C(C(=O)NCc2ccccc2)N(C(=O)C(CO)NC(=O)OC(C)(C)C)C(C)CCC(C)C)ccc1O. The number of aliphatic hydroxyl groups is 1. The van der Waals surface area contributed by atoms with Gasteiger partial charge < -0.3 is 30.5 Å². The number of ether oxygens (including phenoxy) is 1. The van der Waals surface area contributed by atoms with Gasteiger partial charge in [0, 0.05) is 12.6 Å². The van der Waals surface area contributed by atoms with Gasteiger partial charge in [-0.05, 0) is 82.2 Å². The third-order valence-electron chi connectivity index (χ3n) is 6.44. The zero-order chi connectivity index (χ0) is 30.0. The van der Waals surface area contributed by atoms with Crippen LogP contribution < -0.4 is 10.6 Å². The Bertz CT molecular complexity index is 1130. The molecule has 2 aromatic carbocycles. The second-order valence-corrected chi connectivity index (χ2v) is 11.6. The minimum atomic E-state index is -1.33. The maximum atomic E-state index is 14.1. The lowest BCUT2D eigenvalue weighted by atomic mass is 9.96. The molecule has 3 atom stereocenters. The van der Waals surface area contributed by atoms with E-state index in [9.17, 15) is 24.6 Å². The first-order valence-electron chi connectivity index (χ1n) is 13.8. The fourth-order valence-electron chi connectivity index (χ4n) is 4.30. The summed E-state index contributed by atoms with van der Waals surface area (Å²) in [6, 6.07) is 11.3. The maximum Gasteiger partial charge on any atom is 0.408 e. The molecule has 0 aliphatic heterocycles. The van der Waals surface area contributed by atoms with E-state index in [1.54, 1.807) is 39.8 Å². The number of nitrogens with one attached hydrogen (secondary N) is 2. The number of benzene rings is 2. The lowest BCUT2D eigenvalue weighted by Gasteiger charge is -2.38. The van der Waals surface area contributed by atoms with Crippen LogP contribution in [0.3, 0.4) is 0 Å². The maximum absolute atomic E-state index is 14.1. The molecule has 0 spiro atoms. The average Bonchev–Trinajstić information content (AvgIpc) is 2.88. The first-order valence-corrected chi connectivity index (χ1v) is 13.8. The quantitative estimate of drug-likeness (QED) is 0.303. The highest BCUT2D eigenvalue weighted by Crippen LogP contribution is 2.30. The van der Waals surface area contributed by atoms with E-state index in [0.29, 0.717) is 23.5 Å². The summed E-state index contributed by atoms with van der Waals surface area (Å²) in [6.45, 7) is 12.4. The fraction of sp³-hybridized carbons (Fsp3) is 0.516. The van der Waals surface area contributed by atoms with Gasteiger partial charge in [0.2, 0.25) is 11.8 Å². The van der Waals surface area contributed by atoms with E-state index < -0.39 is 48.2 Å². The number of aliphatic hydroxyl groups excluding tert-OH is 1. The Labute approximate surface area is 237 Å². The molecule has 0 aliphatic carbocycles. The zero-order valence-electron chi connectivity index (χ0n) is 24.7. The monoisotopic (exact) mass is 555 g/mol. The summed E-state index contributed by atoms with van der Waals surface area (Å²) in [6.07, 6.45) is 0.537. The molecule has 0 bridgehead atoms. The van der Waals surface area contributed by atoms with Gasteiger partial charge in [-0.3, -0.25) is 9.59 Å². The van der Waals surface area contributed by atoms with Crippen LogP contribution in [-0.2, 0) is 20.9 Å². The van der Waals surface area contributed by atoms with Gasteiger partial charge in [-0.25, -0.2) is 4.79 Å². The van der Waals surface area contributed by atoms with E-state index in [4.69, 9.17) is 4.74 Å². The molecule has 3 unspecified atom stereocenters. The molecule has 0 aliphatic rings. The van der Waals surface area contributed by atoms with Crippen LogP contribution in [0.5, 0.6) is 5.75 Å². The summed E-state index contributed by atoms with van der Waals surface area (Å²) in [4.78, 5) is 41.9. The number of rotatable bonds is 12. The number of hydrogen-bond acceptors (Lipinski definition) is 6. The Morgan fingerprint density at radius 1 is 1.00 bits per heavy atom. The van der Waals surface area contributed by atoms with Crippen molar-refractivity contribution in [3.8, 4) is 5.75 Å². The van der Waals surface area contributed by atoms with E-state index in [1.165, 1.54) is 11.0 Å². The largest absolute Gasteiger partial charge is 0.508 e. The van der Waals surface area contributed by atoms with E-state index in [1.807, 2.05) is 37.3 Å². The molecule has 0 fully saturated rings. The van der Waals surface area contributed by atoms with Crippen LogP contribution >= 0.6 is 0 Å². The molecule has 40 heavy (non-hydrogen) atoms. The molecule has 2 rings (SSSR count). The van der Waals surface area contributed by atoms with Gasteiger partial charge in [0.25, 0.3) is 0 Å². The number of phenolic OH excluding ortho intramolecular Hbond substituents is 1. The number of aromatic hydroxyl groups is 1. The molecule has 0 radical (unpaired) electrons. The number of phenols is 1. The van der Waals surface area contributed by atoms with Crippen LogP contribution in [0.25, 0.3) is 0 Å². The van der Waals surface area contributed by atoms with Crippen molar-refractivity contribution < 1.29 is 29.3 Å². The summed E-state index contributed by atoms with van der Waals surface area (Å²) < 4.78 is 5.31. The van der Waals surface area contributed by atoms with Crippen LogP contribution in [0.1, 0.15) is 77.1 Å². The molecule has 220 valence electrons. The topological polar surface area (TPSA) is 128 Å². The minimum Gasteiger partial charge on any atom is -0.508 e. The van der Waals surface area contributed by atoms with Crippen molar-refractivity contribution in [2.75, 3.05) is 6.61 Å². The number of hydrogen-bond donors (Lipinski definition) is 4. The van der Waals surface area contributed by atoms with Gasteiger partial charge in [0.1, 0.15) is 23.4 Å². The van der Waals surface area contributed by atoms with Crippen molar-refractivity contribution in [1.82, 2.24) is 15.5 Å². The van der Waals surface area contributed by atoms with Gasteiger partial charge in [-0.1, -0.05) is 50.2 Å². The van der Waals surface area contributed by atoms with Crippen LogP contribution in [0.2, 0.25) is 0 Å². The Balaban J connectivity index is 2.53. The summed E-state index contributed by atoms with van der Waals surface area (Å²) in [5.74, 6) is -0.616. The molecule has 9 heteroatoms. The highest BCUT2D eigenvalue weighted by molar-refractivity contribution is 5.92. The van der Waals surface area contributed by atoms with Crippen molar-refractivity contribution in [2.45, 2.75) is 91.6 Å². The molecule has 0 heterocycles. The van der Waals surface area contributed by atoms with E-state index in [-0.39, 0.29) is 12.3 Å². The van der Waals surface area contributed by atoms with E-state index in [2.05, 4.69) is 24.5 Å². The third kappa shape index (κ3) is 9.86. The number of aryl methyl sites for hydroxylation is 1. The predicted molar refractivity (Wildman–Crippen MR) is 154 cm³/mol. The number of amides is 3. The van der Waals surface area contributed by atoms with Crippen molar-refractivity contribution in [3.63, 3.8) is 0 Å². The molecule has 0 saturated heterocycles. The first kappa shape index (κ1) is 32.6. The Morgan fingerprint density at radius 3 is 2.20 bits per heavy atom. The van der Waals surface area contributed by atoms with Crippen LogP contribution in [0, 0.1) is 12.8 Å². The van der Waals surface area contributed by atoms with Crippen molar-refractivity contribution in [1.29, 1.82) is 0 Å². The number of carbonyl (C=O) groups excluding carboxylic acids is 3. The first-order chi connectivity index (χ1) is 18.7. The zero-order valence-corrected chi connectivity index (χ0v) is 24.7. The molecule has 0 saturated carbocycles. The third-order valence-corrected chi connectivity index (χ3v) is 6.44. The lowest BCUT2D eigenvalue weighted by Crippen LogP contribution is -2.56. The second-order valence-electron chi connectivity index (χ2n) is 11.6. The number of carbonyl (C=O) groups is 3. The predicted octanol–water partition coefficient (Wildman–Crippen LogP) is 4.60. The van der Waals surface area contributed by atoms with E-state index >= 15 is 0 Å². The van der Waals surface area contributed by atoms with Gasteiger partial charge in [0.15, 0.2) is 0 Å². The summed E-state index contributed by atoms with van der Waals surface area (Å²) in [7, 11) is 0. The summed E-state index contributed by atoms with van der Waals surface area (Å²) in [5, 5.41) is 25.7. The molecular formula is C31H45N3O6.